The summed E-state index contributed by atoms with van der Waals surface area (Å²) in [4.78, 5) is 13.3. The Labute approximate surface area is 102 Å². The second-order valence-corrected chi connectivity index (χ2v) is 4.55. The molecule has 0 fully saturated rings. The molecule has 0 radical (unpaired) electrons. The van der Waals surface area contributed by atoms with Crippen molar-refractivity contribution in [3.63, 3.8) is 0 Å². The zero-order valence-electron chi connectivity index (χ0n) is 10.2. The van der Waals surface area contributed by atoms with Gasteiger partial charge in [0, 0.05) is 25.3 Å². The first-order chi connectivity index (χ1) is 8.19. The molecule has 1 aliphatic rings. The van der Waals surface area contributed by atoms with Gasteiger partial charge in [0.2, 0.25) is 5.91 Å². The quantitative estimate of drug-likeness (QED) is 0.762. The maximum absolute atomic E-state index is 11.2. The zero-order valence-corrected chi connectivity index (χ0v) is 10.2. The summed E-state index contributed by atoms with van der Waals surface area (Å²) in [5.74, 6) is 0.119. The summed E-state index contributed by atoms with van der Waals surface area (Å²) < 4.78 is 0. The van der Waals surface area contributed by atoms with Gasteiger partial charge in [-0.15, -0.1) is 0 Å². The highest BCUT2D eigenvalue weighted by atomic mass is 16.1. The molecule has 0 spiro atoms. The molecule has 1 aromatic carbocycles. The number of benzene rings is 1. The average Bonchev–Trinajstić information content (AvgIpc) is 2.35. The first-order valence-corrected chi connectivity index (χ1v) is 5.99. The van der Waals surface area contributed by atoms with Crippen molar-refractivity contribution in [1.82, 2.24) is 4.90 Å². The van der Waals surface area contributed by atoms with Crippen LogP contribution in [-0.4, -0.2) is 31.1 Å². The number of hydrogen-bond donors (Lipinski definition) is 2. The molecule has 0 atom stereocenters. The van der Waals surface area contributed by atoms with Crippen molar-refractivity contribution >= 4 is 11.6 Å². The van der Waals surface area contributed by atoms with Crippen LogP contribution < -0.4 is 11.1 Å². The van der Waals surface area contributed by atoms with Crippen LogP contribution in [0.2, 0.25) is 0 Å². The standard InChI is InChI=1S/C13H19N3O/c1-16(9-14)7-6-10-2-4-12-11(8-10)3-5-13(17)15-12/h2,4,8H,3,5-7,9,14H2,1H3,(H,15,17). The van der Waals surface area contributed by atoms with E-state index in [1.54, 1.807) is 0 Å². The second-order valence-electron chi connectivity index (χ2n) is 4.55. The summed E-state index contributed by atoms with van der Waals surface area (Å²) in [5.41, 5.74) is 9.06. The van der Waals surface area contributed by atoms with Crippen molar-refractivity contribution < 1.29 is 4.79 Å². The number of amides is 1. The molecular formula is C13H19N3O. The molecule has 0 aliphatic carbocycles. The number of nitrogens with one attached hydrogen (secondary N) is 1. The summed E-state index contributed by atoms with van der Waals surface area (Å²) in [6.45, 7) is 1.54. The number of nitrogens with two attached hydrogens (primary N) is 1. The van der Waals surface area contributed by atoms with Gasteiger partial charge in [0.15, 0.2) is 0 Å². The predicted octanol–water partition coefficient (Wildman–Crippen LogP) is 0.962. The second kappa shape index (κ2) is 5.29. The molecule has 1 heterocycles. The fourth-order valence-electron chi connectivity index (χ4n) is 2.00. The maximum atomic E-state index is 11.2. The van der Waals surface area contributed by atoms with Crippen molar-refractivity contribution in [3.05, 3.63) is 29.3 Å². The van der Waals surface area contributed by atoms with Crippen molar-refractivity contribution in [3.8, 4) is 0 Å². The van der Waals surface area contributed by atoms with E-state index in [1.807, 2.05) is 13.1 Å². The fraction of sp³-hybridized carbons (Fsp3) is 0.462. The summed E-state index contributed by atoms with van der Waals surface area (Å²) in [7, 11) is 2.01. The molecule has 0 saturated carbocycles. The SMILES string of the molecule is CN(CN)CCc1ccc2c(c1)CCC(=O)N2. The first-order valence-electron chi connectivity index (χ1n) is 5.99. The van der Waals surface area contributed by atoms with E-state index in [4.69, 9.17) is 5.73 Å². The molecule has 1 aliphatic heterocycles. The lowest BCUT2D eigenvalue weighted by atomic mass is 9.99. The molecule has 4 heteroatoms. The van der Waals surface area contributed by atoms with Crippen LogP contribution in [-0.2, 0) is 17.6 Å². The Morgan fingerprint density at radius 2 is 2.24 bits per heavy atom. The molecule has 0 bridgehead atoms. The number of nitrogens with zero attached hydrogens (tertiary/aromatic N) is 1. The lowest BCUT2D eigenvalue weighted by Gasteiger charge is -2.18. The van der Waals surface area contributed by atoms with Crippen LogP contribution in [0, 0.1) is 0 Å². The van der Waals surface area contributed by atoms with E-state index in [0.29, 0.717) is 13.1 Å². The number of fused-ring (bicyclic) bond motifs is 1. The number of aryl methyl sites for hydroxylation is 1. The number of carbonyl (C=O) groups is 1. The van der Waals surface area contributed by atoms with E-state index in [9.17, 15) is 4.79 Å². The topological polar surface area (TPSA) is 58.4 Å². The van der Waals surface area contributed by atoms with Gasteiger partial charge < -0.3 is 11.1 Å². The number of anilines is 1. The highest BCUT2D eigenvalue weighted by Gasteiger charge is 2.14. The Morgan fingerprint density at radius 1 is 1.41 bits per heavy atom. The van der Waals surface area contributed by atoms with Gasteiger partial charge in [-0.05, 0) is 37.1 Å². The minimum absolute atomic E-state index is 0.119. The number of hydrogen-bond acceptors (Lipinski definition) is 3. The van der Waals surface area contributed by atoms with Crippen molar-refractivity contribution in [2.24, 2.45) is 5.73 Å². The third kappa shape index (κ3) is 3.05. The van der Waals surface area contributed by atoms with Crippen molar-refractivity contribution in [2.75, 3.05) is 25.6 Å². The lowest BCUT2D eigenvalue weighted by Crippen LogP contribution is -2.27. The van der Waals surface area contributed by atoms with Gasteiger partial charge in [0.1, 0.15) is 0 Å². The van der Waals surface area contributed by atoms with Gasteiger partial charge >= 0.3 is 0 Å². The van der Waals surface area contributed by atoms with Crippen LogP contribution in [0.5, 0.6) is 0 Å². The van der Waals surface area contributed by atoms with Crippen LogP contribution in [0.25, 0.3) is 0 Å². The van der Waals surface area contributed by atoms with Crippen LogP contribution >= 0.6 is 0 Å². The molecule has 0 unspecified atom stereocenters. The van der Waals surface area contributed by atoms with Gasteiger partial charge in [-0.25, -0.2) is 0 Å². The lowest BCUT2D eigenvalue weighted by molar-refractivity contribution is -0.116. The molecule has 0 aromatic heterocycles. The maximum Gasteiger partial charge on any atom is 0.224 e. The third-order valence-corrected chi connectivity index (χ3v) is 3.16. The number of likely N-dealkylation sites (N-methyl/N-ethyl adjacent to an activating group) is 1. The minimum atomic E-state index is 0.119. The van der Waals surface area contributed by atoms with Gasteiger partial charge in [-0.3, -0.25) is 9.69 Å². The Morgan fingerprint density at radius 3 is 3.00 bits per heavy atom. The molecule has 3 N–H and O–H groups in total. The van der Waals surface area contributed by atoms with Crippen LogP contribution in [0.3, 0.4) is 0 Å². The van der Waals surface area contributed by atoms with Gasteiger partial charge in [0.05, 0.1) is 0 Å². The van der Waals surface area contributed by atoms with E-state index in [2.05, 4.69) is 22.3 Å². The number of carbonyl (C=O) groups excluding carboxylic acids is 1. The largest absolute Gasteiger partial charge is 0.326 e. The molecule has 17 heavy (non-hydrogen) atoms. The first kappa shape index (κ1) is 12.1. The normalized spacial score (nSPS) is 14.6. The highest BCUT2D eigenvalue weighted by Crippen LogP contribution is 2.23. The van der Waals surface area contributed by atoms with Gasteiger partial charge in [-0.1, -0.05) is 12.1 Å². The monoisotopic (exact) mass is 233 g/mol. The summed E-state index contributed by atoms with van der Waals surface area (Å²) in [5, 5.41) is 2.89. The minimum Gasteiger partial charge on any atom is -0.326 e. The van der Waals surface area contributed by atoms with Crippen LogP contribution in [0.1, 0.15) is 17.5 Å². The van der Waals surface area contributed by atoms with E-state index < -0.39 is 0 Å². The molecule has 1 amide bonds. The Kier molecular flexibility index (Phi) is 3.76. The van der Waals surface area contributed by atoms with Crippen molar-refractivity contribution in [1.29, 1.82) is 0 Å². The number of rotatable bonds is 4. The highest BCUT2D eigenvalue weighted by molar-refractivity contribution is 5.93. The van der Waals surface area contributed by atoms with Crippen LogP contribution in [0.4, 0.5) is 5.69 Å². The van der Waals surface area contributed by atoms with E-state index in [1.165, 1.54) is 11.1 Å². The zero-order chi connectivity index (χ0) is 12.3. The molecular weight excluding hydrogens is 214 g/mol. The molecule has 4 nitrogen and oxygen atoms in total. The summed E-state index contributed by atoms with van der Waals surface area (Å²) in [6.07, 6.45) is 2.44. The van der Waals surface area contributed by atoms with E-state index in [-0.39, 0.29) is 5.91 Å². The van der Waals surface area contributed by atoms with E-state index in [0.717, 1.165) is 25.1 Å². The smallest absolute Gasteiger partial charge is 0.224 e. The Balaban J connectivity index is 2.04. The Bertz CT molecular complexity index is 417. The predicted molar refractivity (Wildman–Crippen MR) is 68.8 cm³/mol. The molecule has 92 valence electrons. The average molecular weight is 233 g/mol. The fourth-order valence-corrected chi connectivity index (χ4v) is 2.00. The van der Waals surface area contributed by atoms with Crippen molar-refractivity contribution in [2.45, 2.75) is 19.3 Å². The summed E-state index contributed by atoms with van der Waals surface area (Å²) in [6, 6.07) is 6.28. The summed E-state index contributed by atoms with van der Waals surface area (Å²) >= 11 is 0. The molecule has 2 rings (SSSR count). The van der Waals surface area contributed by atoms with Gasteiger partial charge in [-0.2, -0.15) is 0 Å². The molecule has 1 aromatic rings. The van der Waals surface area contributed by atoms with Gasteiger partial charge in [0.25, 0.3) is 0 Å². The third-order valence-electron chi connectivity index (χ3n) is 3.16. The molecule has 0 saturated heterocycles. The Hall–Kier alpha value is -1.39. The van der Waals surface area contributed by atoms with E-state index >= 15 is 0 Å². The van der Waals surface area contributed by atoms with Crippen LogP contribution in [0.15, 0.2) is 18.2 Å².